The molecule has 0 saturated heterocycles. The van der Waals surface area contributed by atoms with E-state index in [2.05, 4.69) is 20.3 Å². The Kier molecular flexibility index (Phi) is 4.45. The van der Waals surface area contributed by atoms with Gasteiger partial charge in [0.2, 0.25) is 0 Å². The highest BCUT2D eigenvalue weighted by Crippen LogP contribution is 2.14. The molecule has 2 aromatic rings. The van der Waals surface area contributed by atoms with Crippen LogP contribution in [0.3, 0.4) is 0 Å². The SMILES string of the molecule is Cc1nc(NC#N)cc(N(C)CCc2ccccn2)n1. The zero-order valence-corrected chi connectivity index (χ0v) is 11.5. The monoisotopic (exact) mass is 268 g/mol. The zero-order chi connectivity index (χ0) is 14.4. The lowest BCUT2D eigenvalue weighted by Crippen LogP contribution is -2.22. The van der Waals surface area contributed by atoms with Gasteiger partial charge < -0.3 is 4.90 Å². The average molecular weight is 268 g/mol. The van der Waals surface area contributed by atoms with Crippen LogP contribution in [-0.2, 0) is 6.42 Å². The molecule has 0 aliphatic rings. The minimum absolute atomic E-state index is 0.514. The highest BCUT2D eigenvalue weighted by Gasteiger charge is 2.07. The van der Waals surface area contributed by atoms with Gasteiger partial charge in [0.1, 0.15) is 17.5 Å². The molecule has 0 aliphatic carbocycles. The maximum atomic E-state index is 8.65. The topological polar surface area (TPSA) is 77.7 Å². The Bertz CT molecular complexity index is 605. The lowest BCUT2D eigenvalue weighted by atomic mass is 10.2. The van der Waals surface area contributed by atoms with Crippen LogP contribution in [0.5, 0.6) is 0 Å². The minimum atomic E-state index is 0.514. The predicted molar refractivity (Wildman–Crippen MR) is 77.2 cm³/mol. The van der Waals surface area contributed by atoms with Crippen LogP contribution in [-0.4, -0.2) is 28.5 Å². The van der Waals surface area contributed by atoms with E-state index in [1.54, 1.807) is 19.2 Å². The molecule has 6 nitrogen and oxygen atoms in total. The molecule has 2 rings (SSSR count). The Hall–Kier alpha value is -2.68. The van der Waals surface area contributed by atoms with Crippen molar-refractivity contribution >= 4 is 11.6 Å². The van der Waals surface area contributed by atoms with Crippen LogP contribution < -0.4 is 10.2 Å². The summed E-state index contributed by atoms with van der Waals surface area (Å²) < 4.78 is 0. The van der Waals surface area contributed by atoms with Gasteiger partial charge in [-0.25, -0.2) is 9.97 Å². The molecule has 0 saturated carbocycles. The number of pyridine rings is 1. The second kappa shape index (κ2) is 6.48. The number of likely N-dealkylation sites (N-methyl/N-ethyl adjacent to an activating group) is 1. The number of nitrogens with one attached hydrogen (secondary N) is 1. The predicted octanol–water partition coefficient (Wildman–Crippen LogP) is 1.75. The summed E-state index contributed by atoms with van der Waals surface area (Å²) in [4.78, 5) is 14.8. The van der Waals surface area contributed by atoms with E-state index >= 15 is 0 Å². The fourth-order valence-corrected chi connectivity index (χ4v) is 1.81. The molecule has 2 heterocycles. The normalized spacial score (nSPS) is 9.85. The van der Waals surface area contributed by atoms with Gasteiger partial charge in [0.15, 0.2) is 6.19 Å². The minimum Gasteiger partial charge on any atom is -0.359 e. The summed E-state index contributed by atoms with van der Waals surface area (Å²) in [5.74, 6) is 1.93. The van der Waals surface area contributed by atoms with Crippen LogP contribution in [0.1, 0.15) is 11.5 Å². The first-order valence-corrected chi connectivity index (χ1v) is 6.31. The van der Waals surface area contributed by atoms with E-state index < -0.39 is 0 Å². The second-order valence-corrected chi connectivity index (χ2v) is 4.39. The molecule has 0 unspecified atom stereocenters. The van der Waals surface area contributed by atoms with Gasteiger partial charge in [-0.15, -0.1) is 0 Å². The molecular weight excluding hydrogens is 252 g/mol. The molecular formula is C14H16N6. The van der Waals surface area contributed by atoms with Crippen LogP contribution in [0.15, 0.2) is 30.5 Å². The average Bonchev–Trinajstić information content (AvgIpc) is 2.45. The molecule has 0 aromatic carbocycles. The number of anilines is 2. The maximum absolute atomic E-state index is 8.65. The Labute approximate surface area is 118 Å². The van der Waals surface area contributed by atoms with Gasteiger partial charge >= 0.3 is 0 Å². The van der Waals surface area contributed by atoms with Gasteiger partial charge in [0.05, 0.1) is 0 Å². The van der Waals surface area contributed by atoms with Crippen molar-refractivity contribution in [2.75, 3.05) is 23.8 Å². The summed E-state index contributed by atoms with van der Waals surface area (Å²) in [5.41, 5.74) is 1.04. The first-order valence-electron chi connectivity index (χ1n) is 6.31. The van der Waals surface area contributed by atoms with Gasteiger partial charge in [-0.2, -0.15) is 5.26 Å². The van der Waals surface area contributed by atoms with Crippen molar-refractivity contribution in [3.63, 3.8) is 0 Å². The summed E-state index contributed by atoms with van der Waals surface area (Å²) >= 11 is 0. The number of aryl methyl sites for hydroxylation is 1. The summed E-state index contributed by atoms with van der Waals surface area (Å²) in [6.07, 6.45) is 4.49. The summed E-state index contributed by atoms with van der Waals surface area (Å²) in [6.45, 7) is 2.60. The van der Waals surface area contributed by atoms with Gasteiger partial charge in [0, 0.05) is 38.0 Å². The first-order chi connectivity index (χ1) is 9.69. The summed E-state index contributed by atoms with van der Waals surface area (Å²) in [7, 11) is 1.96. The van der Waals surface area contributed by atoms with Crippen LogP contribution >= 0.6 is 0 Å². The van der Waals surface area contributed by atoms with Crippen LogP contribution in [0.2, 0.25) is 0 Å². The highest BCUT2D eigenvalue weighted by atomic mass is 15.2. The van der Waals surface area contributed by atoms with Crippen molar-refractivity contribution in [2.24, 2.45) is 0 Å². The lowest BCUT2D eigenvalue weighted by Gasteiger charge is -2.18. The van der Waals surface area contributed by atoms with Crippen molar-refractivity contribution in [2.45, 2.75) is 13.3 Å². The van der Waals surface area contributed by atoms with E-state index in [0.717, 1.165) is 24.5 Å². The molecule has 0 spiro atoms. The number of rotatable bonds is 5. The Balaban J connectivity index is 2.05. The molecule has 0 atom stereocenters. The molecule has 0 radical (unpaired) electrons. The van der Waals surface area contributed by atoms with Crippen molar-refractivity contribution in [1.82, 2.24) is 15.0 Å². The van der Waals surface area contributed by atoms with E-state index in [1.165, 1.54) is 0 Å². The fraction of sp³-hybridized carbons (Fsp3) is 0.286. The van der Waals surface area contributed by atoms with E-state index in [9.17, 15) is 0 Å². The number of nitriles is 1. The Morgan fingerprint density at radius 3 is 2.90 bits per heavy atom. The van der Waals surface area contributed by atoms with Crippen LogP contribution in [0.25, 0.3) is 0 Å². The number of hydrogen-bond donors (Lipinski definition) is 1. The fourth-order valence-electron chi connectivity index (χ4n) is 1.81. The third-order valence-corrected chi connectivity index (χ3v) is 2.83. The molecule has 1 N–H and O–H groups in total. The molecule has 20 heavy (non-hydrogen) atoms. The summed E-state index contributed by atoms with van der Waals surface area (Å²) in [5, 5.41) is 11.2. The standard InChI is InChI=1S/C14H16N6/c1-11-18-13(17-10-15)9-14(19-11)20(2)8-6-12-5-3-4-7-16-12/h3-5,7,9H,6,8H2,1-2H3,(H,17,18,19). The summed E-state index contributed by atoms with van der Waals surface area (Å²) in [6, 6.07) is 7.64. The maximum Gasteiger partial charge on any atom is 0.182 e. The zero-order valence-electron chi connectivity index (χ0n) is 11.5. The van der Waals surface area contributed by atoms with E-state index in [-0.39, 0.29) is 0 Å². The number of nitrogens with zero attached hydrogens (tertiary/aromatic N) is 5. The second-order valence-electron chi connectivity index (χ2n) is 4.39. The Morgan fingerprint density at radius 2 is 2.20 bits per heavy atom. The quantitative estimate of drug-likeness (QED) is 0.657. The largest absolute Gasteiger partial charge is 0.359 e. The van der Waals surface area contributed by atoms with E-state index in [4.69, 9.17) is 5.26 Å². The lowest BCUT2D eigenvalue weighted by molar-refractivity contribution is 0.831. The third-order valence-electron chi connectivity index (χ3n) is 2.83. The molecule has 0 fully saturated rings. The smallest absolute Gasteiger partial charge is 0.182 e. The Morgan fingerprint density at radius 1 is 1.35 bits per heavy atom. The highest BCUT2D eigenvalue weighted by molar-refractivity contribution is 5.50. The van der Waals surface area contributed by atoms with E-state index in [0.29, 0.717) is 11.6 Å². The van der Waals surface area contributed by atoms with Gasteiger partial charge in [-0.1, -0.05) is 6.07 Å². The van der Waals surface area contributed by atoms with Crippen molar-refractivity contribution in [3.8, 4) is 6.19 Å². The first kappa shape index (κ1) is 13.7. The van der Waals surface area contributed by atoms with Crippen LogP contribution in [0, 0.1) is 18.4 Å². The van der Waals surface area contributed by atoms with Crippen molar-refractivity contribution in [3.05, 3.63) is 42.0 Å². The van der Waals surface area contributed by atoms with Crippen molar-refractivity contribution in [1.29, 1.82) is 5.26 Å². The van der Waals surface area contributed by atoms with Crippen molar-refractivity contribution < 1.29 is 0 Å². The molecule has 0 aliphatic heterocycles. The number of hydrogen-bond acceptors (Lipinski definition) is 6. The number of aromatic nitrogens is 3. The molecule has 0 bridgehead atoms. The van der Waals surface area contributed by atoms with Gasteiger partial charge in [0.25, 0.3) is 0 Å². The van der Waals surface area contributed by atoms with Gasteiger partial charge in [-0.3, -0.25) is 10.3 Å². The molecule has 6 heteroatoms. The molecule has 102 valence electrons. The van der Waals surface area contributed by atoms with Gasteiger partial charge in [-0.05, 0) is 19.1 Å². The molecule has 2 aromatic heterocycles. The molecule has 0 amide bonds. The third kappa shape index (κ3) is 3.65. The van der Waals surface area contributed by atoms with E-state index in [1.807, 2.05) is 36.3 Å². The van der Waals surface area contributed by atoms with Crippen LogP contribution in [0.4, 0.5) is 11.6 Å².